The van der Waals surface area contributed by atoms with E-state index in [0.29, 0.717) is 23.3 Å². The van der Waals surface area contributed by atoms with Gasteiger partial charge >= 0.3 is 0 Å². The fraction of sp³-hybridized carbons (Fsp3) is 0. The Balaban J connectivity index is 1.13. The summed E-state index contributed by atoms with van der Waals surface area (Å²) in [5.41, 5.74) is 8.97. The first kappa shape index (κ1) is 28.8. The second kappa shape index (κ2) is 12.3. The van der Waals surface area contributed by atoms with Gasteiger partial charge in [0.05, 0.1) is 15.9 Å². The Hall–Kier alpha value is -6.37. The predicted octanol–water partition coefficient (Wildman–Crippen LogP) is 11.0. The van der Waals surface area contributed by atoms with E-state index in [1.165, 1.54) is 10.3 Å². The summed E-state index contributed by atoms with van der Waals surface area (Å²) in [6.45, 7) is 0. The Morgan fingerprint density at radius 1 is 0.306 bits per heavy atom. The lowest BCUT2D eigenvalue weighted by Gasteiger charge is -2.10. The molecule has 3 heterocycles. The molecule has 3 aromatic heterocycles. The second-order valence-corrected chi connectivity index (χ2v) is 12.8. The minimum Gasteiger partial charge on any atom is -0.226 e. The first-order valence-corrected chi connectivity index (χ1v) is 16.9. The highest BCUT2D eigenvalue weighted by molar-refractivity contribution is 7.26. The molecule has 0 amide bonds. The molecule has 0 aliphatic carbocycles. The molecule has 0 aliphatic heterocycles. The summed E-state index contributed by atoms with van der Waals surface area (Å²) in [5, 5.41) is 1.14. The first-order valence-electron chi connectivity index (χ1n) is 16.1. The molecule has 0 bridgehead atoms. The highest BCUT2D eigenvalue weighted by Crippen LogP contribution is 2.39. The van der Waals surface area contributed by atoms with Crippen LogP contribution in [-0.4, -0.2) is 24.9 Å². The van der Waals surface area contributed by atoms with Crippen molar-refractivity contribution in [3.8, 4) is 67.9 Å². The van der Waals surface area contributed by atoms with Crippen LogP contribution in [0.1, 0.15) is 0 Å². The van der Waals surface area contributed by atoms with Gasteiger partial charge in [-0.15, -0.1) is 11.3 Å². The molecule has 0 N–H and O–H groups in total. The van der Waals surface area contributed by atoms with Crippen LogP contribution in [-0.2, 0) is 0 Å². The number of fused-ring (bicyclic) bond motifs is 3. The SMILES string of the molecule is c1ccc(-c2ccc(-c3nc(-c4ccccc4)nc(-c4ccc(-c5nc(-c6ccccc6)c6sc7ccccc7c6n5)cc4)n3)cc2)cc1. The van der Waals surface area contributed by atoms with Crippen LogP contribution in [0.4, 0.5) is 0 Å². The van der Waals surface area contributed by atoms with Crippen molar-refractivity contribution in [2.75, 3.05) is 0 Å². The fourth-order valence-corrected chi connectivity index (χ4v) is 7.23. The lowest BCUT2D eigenvalue weighted by Crippen LogP contribution is -2.00. The van der Waals surface area contributed by atoms with Crippen molar-refractivity contribution < 1.29 is 0 Å². The third-order valence-electron chi connectivity index (χ3n) is 8.59. The molecule has 0 saturated heterocycles. The standard InChI is InChI=1S/C43H27N5S/c1-4-12-28(13-5-1)29-20-22-33(23-21-29)42-46-41(31-16-8-3-9-17-31)47-43(48-42)34-26-24-32(25-27-34)40-44-37(30-14-6-2-7-15-30)39-38(45-40)35-18-10-11-19-36(35)49-39/h1-27H. The molecule has 0 atom stereocenters. The first-order chi connectivity index (χ1) is 24.3. The molecule has 230 valence electrons. The summed E-state index contributed by atoms with van der Waals surface area (Å²) in [7, 11) is 0. The van der Waals surface area contributed by atoms with Gasteiger partial charge in [0.2, 0.25) is 0 Å². The van der Waals surface area contributed by atoms with Gasteiger partial charge in [-0.05, 0) is 17.2 Å². The van der Waals surface area contributed by atoms with Gasteiger partial charge < -0.3 is 0 Å². The van der Waals surface area contributed by atoms with Crippen molar-refractivity contribution in [2.45, 2.75) is 0 Å². The van der Waals surface area contributed by atoms with Crippen molar-refractivity contribution in [3.05, 3.63) is 164 Å². The molecule has 5 nitrogen and oxygen atoms in total. The zero-order valence-corrected chi connectivity index (χ0v) is 27.0. The smallest absolute Gasteiger partial charge is 0.164 e. The quantitative estimate of drug-likeness (QED) is 0.180. The number of benzene rings is 6. The maximum Gasteiger partial charge on any atom is 0.164 e. The van der Waals surface area contributed by atoms with Crippen LogP contribution in [0.25, 0.3) is 88.2 Å². The Morgan fingerprint density at radius 3 is 1.24 bits per heavy atom. The van der Waals surface area contributed by atoms with E-state index in [2.05, 4.69) is 109 Å². The summed E-state index contributed by atoms with van der Waals surface area (Å²) in [6, 6.07) is 55.7. The summed E-state index contributed by atoms with van der Waals surface area (Å²) in [4.78, 5) is 25.1. The second-order valence-electron chi connectivity index (χ2n) is 11.7. The lowest BCUT2D eigenvalue weighted by atomic mass is 10.0. The van der Waals surface area contributed by atoms with E-state index in [1.54, 1.807) is 11.3 Å². The Kier molecular flexibility index (Phi) is 7.26. The molecule has 0 radical (unpaired) electrons. The zero-order chi connectivity index (χ0) is 32.6. The van der Waals surface area contributed by atoms with Gasteiger partial charge in [-0.3, -0.25) is 0 Å². The van der Waals surface area contributed by atoms with Gasteiger partial charge in [-0.2, -0.15) is 0 Å². The van der Waals surface area contributed by atoms with Crippen LogP contribution in [0.2, 0.25) is 0 Å². The number of hydrogen-bond donors (Lipinski definition) is 0. The number of rotatable bonds is 6. The highest BCUT2D eigenvalue weighted by Gasteiger charge is 2.17. The van der Waals surface area contributed by atoms with E-state index in [4.69, 9.17) is 24.9 Å². The fourth-order valence-electron chi connectivity index (χ4n) is 6.07. The summed E-state index contributed by atoms with van der Waals surface area (Å²) >= 11 is 1.74. The van der Waals surface area contributed by atoms with Crippen LogP contribution in [0.5, 0.6) is 0 Å². The average Bonchev–Trinajstić information content (AvgIpc) is 3.57. The molecule has 9 rings (SSSR count). The predicted molar refractivity (Wildman–Crippen MR) is 201 cm³/mol. The van der Waals surface area contributed by atoms with Crippen molar-refractivity contribution >= 4 is 31.6 Å². The van der Waals surface area contributed by atoms with Gasteiger partial charge in [0.1, 0.15) is 0 Å². The van der Waals surface area contributed by atoms with E-state index in [9.17, 15) is 0 Å². The van der Waals surface area contributed by atoms with Crippen LogP contribution >= 0.6 is 11.3 Å². The third-order valence-corrected chi connectivity index (χ3v) is 9.75. The number of nitrogens with zero attached hydrogens (tertiary/aromatic N) is 5. The lowest BCUT2D eigenvalue weighted by molar-refractivity contribution is 1.07. The maximum atomic E-state index is 5.13. The van der Waals surface area contributed by atoms with Gasteiger partial charge in [0.15, 0.2) is 23.3 Å². The van der Waals surface area contributed by atoms with Crippen LogP contribution in [0.15, 0.2) is 164 Å². The summed E-state index contributed by atoms with van der Waals surface area (Å²) < 4.78 is 2.29. The van der Waals surface area contributed by atoms with E-state index in [0.717, 1.165) is 54.7 Å². The Labute approximate surface area is 287 Å². The van der Waals surface area contributed by atoms with Crippen LogP contribution < -0.4 is 0 Å². The van der Waals surface area contributed by atoms with Crippen LogP contribution in [0, 0.1) is 0 Å². The normalized spacial score (nSPS) is 11.3. The zero-order valence-electron chi connectivity index (χ0n) is 26.2. The highest BCUT2D eigenvalue weighted by atomic mass is 32.1. The van der Waals surface area contributed by atoms with Crippen molar-refractivity contribution in [1.29, 1.82) is 0 Å². The van der Waals surface area contributed by atoms with E-state index in [1.807, 2.05) is 54.6 Å². The Bertz CT molecular complexity index is 2570. The van der Waals surface area contributed by atoms with Crippen molar-refractivity contribution in [2.24, 2.45) is 0 Å². The molecule has 0 spiro atoms. The molecule has 6 aromatic carbocycles. The molecular weight excluding hydrogens is 619 g/mol. The minimum absolute atomic E-state index is 0.604. The van der Waals surface area contributed by atoms with Crippen LogP contribution in [0.3, 0.4) is 0 Å². The number of thiophene rings is 1. The number of hydrogen-bond acceptors (Lipinski definition) is 6. The Morgan fingerprint density at radius 2 is 0.694 bits per heavy atom. The largest absolute Gasteiger partial charge is 0.226 e. The topological polar surface area (TPSA) is 64.5 Å². The molecular formula is C43H27N5S. The molecule has 9 aromatic rings. The summed E-state index contributed by atoms with van der Waals surface area (Å²) in [5.74, 6) is 2.54. The van der Waals surface area contributed by atoms with E-state index in [-0.39, 0.29) is 0 Å². The van der Waals surface area contributed by atoms with Crippen molar-refractivity contribution in [1.82, 2.24) is 24.9 Å². The molecule has 0 unspecified atom stereocenters. The van der Waals surface area contributed by atoms with E-state index < -0.39 is 0 Å². The average molecular weight is 646 g/mol. The van der Waals surface area contributed by atoms with Crippen molar-refractivity contribution in [3.63, 3.8) is 0 Å². The molecule has 6 heteroatoms. The number of aromatic nitrogens is 5. The van der Waals surface area contributed by atoms with Gasteiger partial charge in [-0.1, -0.05) is 158 Å². The summed E-state index contributed by atoms with van der Waals surface area (Å²) in [6.07, 6.45) is 0. The molecule has 0 saturated carbocycles. The van der Waals surface area contributed by atoms with Gasteiger partial charge in [0, 0.05) is 37.9 Å². The third kappa shape index (κ3) is 5.54. The van der Waals surface area contributed by atoms with Gasteiger partial charge in [-0.25, -0.2) is 24.9 Å². The monoisotopic (exact) mass is 645 g/mol. The van der Waals surface area contributed by atoms with Gasteiger partial charge in [0.25, 0.3) is 0 Å². The molecule has 49 heavy (non-hydrogen) atoms. The van der Waals surface area contributed by atoms with E-state index >= 15 is 0 Å². The minimum atomic E-state index is 0.604. The maximum absolute atomic E-state index is 5.13. The molecule has 0 aliphatic rings. The molecule has 0 fully saturated rings.